The van der Waals surface area contributed by atoms with Gasteiger partial charge in [0, 0.05) is 26.2 Å². The van der Waals surface area contributed by atoms with Gasteiger partial charge >= 0.3 is 5.97 Å². The van der Waals surface area contributed by atoms with Crippen molar-refractivity contribution >= 4 is 26.0 Å². The monoisotopic (exact) mass is 390 g/mol. The van der Waals surface area contributed by atoms with Crippen LogP contribution < -0.4 is 0 Å². The third kappa shape index (κ3) is 3.86. The Morgan fingerprint density at radius 2 is 1.64 bits per heavy atom. The minimum absolute atomic E-state index is 0.0278. The van der Waals surface area contributed by atoms with Crippen LogP contribution in [-0.2, 0) is 24.8 Å². The molecule has 0 aliphatic carbocycles. The smallest absolute Gasteiger partial charge is 0.307 e. The highest BCUT2D eigenvalue weighted by atomic mass is 32.2. The molecule has 25 heavy (non-hydrogen) atoms. The lowest BCUT2D eigenvalue weighted by atomic mass is 10.1. The summed E-state index contributed by atoms with van der Waals surface area (Å²) in [6.45, 7) is 4.17. The fourth-order valence-corrected chi connectivity index (χ4v) is 5.75. The second kappa shape index (κ2) is 7.40. The quantitative estimate of drug-likeness (QED) is 0.737. The zero-order valence-corrected chi connectivity index (χ0v) is 15.8. The van der Waals surface area contributed by atoms with Crippen molar-refractivity contribution in [2.45, 2.75) is 30.1 Å². The molecule has 1 aliphatic heterocycles. The van der Waals surface area contributed by atoms with Gasteiger partial charge in [-0.25, -0.2) is 16.8 Å². The zero-order chi connectivity index (χ0) is 18.8. The third-order valence-corrected chi connectivity index (χ3v) is 8.25. The van der Waals surface area contributed by atoms with Gasteiger partial charge in [0.25, 0.3) is 0 Å². The van der Waals surface area contributed by atoms with E-state index in [2.05, 4.69) is 0 Å². The molecule has 10 heteroatoms. The molecule has 0 saturated carbocycles. The molecule has 1 heterocycles. The molecule has 1 saturated heterocycles. The van der Waals surface area contributed by atoms with Gasteiger partial charge in [-0.15, -0.1) is 0 Å². The summed E-state index contributed by atoms with van der Waals surface area (Å²) in [6.07, 6.45) is 0.267. The Balaban J connectivity index is 2.26. The highest BCUT2D eigenvalue weighted by molar-refractivity contribution is 7.89. The van der Waals surface area contributed by atoms with Gasteiger partial charge in [-0.1, -0.05) is 13.8 Å². The Kier molecular flexibility index (Phi) is 5.87. The van der Waals surface area contributed by atoms with Crippen molar-refractivity contribution in [2.24, 2.45) is 5.92 Å². The van der Waals surface area contributed by atoms with Crippen LogP contribution in [0.5, 0.6) is 0 Å². The van der Waals surface area contributed by atoms with Gasteiger partial charge < -0.3 is 5.11 Å². The number of sulfonamides is 2. The first-order valence-corrected chi connectivity index (χ1v) is 10.9. The molecule has 0 amide bonds. The molecule has 1 fully saturated rings. The van der Waals surface area contributed by atoms with Crippen LogP contribution in [0.25, 0.3) is 0 Å². The van der Waals surface area contributed by atoms with E-state index in [1.54, 1.807) is 13.8 Å². The Bertz CT molecular complexity index is 829. The van der Waals surface area contributed by atoms with Gasteiger partial charge in [0.15, 0.2) is 0 Å². The maximum absolute atomic E-state index is 12.6. The molecular formula is C15H22N2O6S2. The SMILES string of the molecule is CCN(CC)S(=O)(=O)c1ccc(S(=O)(=O)N2CC[C@@H](C(=O)O)C2)cc1. The van der Waals surface area contributed by atoms with Crippen LogP contribution in [0.2, 0.25) is 0 Å². The summed E-state index contributed by atoms with van der Waals surface area (Å²) >= 11 is 0. The second-order valence-electron chi connectivity index (χ2n) is 5.75. The Morgan fingerprint density at radius 3 is 2.08 bits per heavy atom. The summed E-state index contributed by atoms with van der Waals surface area (Å²) in [4.78, 5) is 11.0. The van der Waals surface area contributed by atoms with Crippen molar-refractivity contribution in [3.63, 3.8) is 0 Å². The molecule has 140 valence electrons. The molecule has 0 bridgehead atoms. The summed E-state index contributed by atoms with van der Waals surface area (Å²) in [5.41, 5.74) is 0. The van der Waals surface area contributed by atoms with Gasteiger partial charge in [0.2, 0.25) is 20.0 Å². The van der Waals surface area contributed by atoms with E-state index in [1.165, 1.54) is 28.6 Å². The van der Waals surface area contributed by atoms with E-state index in [1.807, 2.05) is 0 Å². The van der Waals surface area contributed by atoms with Crippen LogP contribution in [0.15, 0.2) is 34.1 Å². The summed E-state index contributed by atoms with van der Waals surface area (Å²) in [6, 6.07) is 5.04. The van der Waals surface area contributed by atoms with Crippen LogP contribution >= 0.6 is 0 Å². The molecule has 1 atom stereocenters. The summed E-state index contributed by atoms with van der Waals surface area (Å²) in [7, 11) is -7.49. The van der Waals surface area contributed by atoms with E-state index in [0.717, 1.165) is 4.31 Å². The molecule has 0 radical (unpaired) electrons. The average Bonchev–Trinajstić information content (AvgIpc) is 3.07. The lowest BCUT2D eigenvalue weighted by Gasteiger charge is -2.19. The van der Waals surface area contributed by atoms with E-state index in [4.69, 9.17) is 5.11 Å². The second-order valence-corrected chi connectivity index (χ2v) is 9.62. The Hall–Kier alpha value is -1.49. The first kappa shape index (κ1) is 19.8. The molecule has 0 spiro atoms. The molecule has 1 aliphatic rings. The number of nitrogens with zero attached hydrogens (tertiary/aromatic N) is 2. The Labute approximate surface area is 148 Å². The van der Waals surface area contributed by atoms with E-state index in [9.17, 15) is 21.6 Å². The molecule has 0 unspecified atom stereocenters. The molecule has 0 aromatic heterocycles. The highest BCUT2D eigenvalue weighted by Crippen LogP contribution is 2.26. The summed E-state index contributed by atoms with van der Waals surface area (Å²) in [5, 5.41) is 9.00. The maximum Gasteiger partial charge on any atom is 0.307 e. The molecule has 1 N–H and O–H groups in total. The van der Waals surface area contributed by atoms with E-state index in [0.29, 0.717) is 13.1 Å². The maximum atomic E-state index is 12.6. The first-order chi connectivity index (χ1) is 11.6. The Morgan fingerprint density at radius 1 is 1.12 bits per heavy atom. The van der Waals surface area contributed by atoms with Gasteiger partial charge in [0.1, 0.15) is 0 Å². The molecule has 8 nitrogen and oxygen atoms in total. The van der Waals surface area contributed by atoms with Crippen molar-refractivity contribution in [1.29, 1.82) is 0 Å². The predicted molar refractivity (Wildman–Crippen MR) is 91.1 cm³/mol. The van der Waals surface area contributed by atoms with Crippen LogP contribution in [0.1, 0.15) is 20.3 Å². The fourth-order valence-electron chi connectivity index (χ4n) is 2.79. The lowest BCUT2D eigenvalue weighted by Crippen LogP contribution is -2.31. The number of carboxylic acid groups (broad SMARTS) is 1. The van der Waals surface area contributed by atoms with Crippen molar-refractivity contribution < 1.29 is 26.7 Å². The third-order valence-electron chi connectivity index (χ3n) is 4.30. The van der Waals surface area contributed by atoms with Crippen LogP contribution in [0.4, 0.5) is 0 Å². The van der Waals surface area contributed by atoms with Crippen molar-refractivity contribution in [3.05, 3.63) is 24.3 Å². The van der Waals surface area contributed by atoms with E-state index >= 15 is 0 Å². The number of aliphatic carboxylic acids is 1. The van der Waals surface area contributed by atoms with Gasteiger partial charge in [-0.3, -0.25) is 4.79 Å². The number of hydrogen-bond acceptors (Lipinski definition) is 5. The van der Waals surface area contributed by atoms with Crippen LogP contribution in [-0.4, -0.2) is 62.7 Å². The molecule has 1 aromatic carbocycles. The standard InChI is InChI=1S/C15H22N2O6S2/c1-3-16(4-2)24(20,21)13-5-7-14(8-6-13)25(22,23)17-10-9-12(11-17)15(18)19/h5-8,12H,3-4,9-11H2,1-2H3,(H,18,19)/t12-/m1/s1. The molecule has 2 rings (SSSR count). The van der Waals surface area contributed by atoms with E-state index < -0.39 is 31.9 Å². The van der Waals surface area contributed by atoms with Gasteiger partial charge in [0.05, 0.1) is 15.7 Å². The summed E-state index contributed by atoms with van der Waals surface area (Å²) in [5.74, 6) is -1.73. The van der Waals surface area contributed by atoms with Crippen molar-refractivity contribution in [1.82, 2.24) is 8.61 Å². The van der Waals surface area contributed by atoms with Crippen LogP contribution in [0, 0.1) is 5.92 Å². The largest absolute Gasteiger partial charge is 0.481 e. The minimum atomic E-state index is -3.84. The predicted octanol–water partition coefficient (Wildman–Crippen LogP) is 0.812. The fraction of sp³-hybridized carbons (Fsp3) is 0.533. The number of rotatable bonds is 7. The summed E-state index contributed by atoms with van der Waals surface area (Å²) < 4.78 is 52.4. The number of benzene rings is 1. The average molecular weight is 390 g/mol. The zero-order valence-electron chi connectivity index (χ0n) is 14.1. The number of carboxylic acids is 1. The topological polar surface area (TPSA) is 112 Å². The molecular weight excluding hydrogens is 368 g/mol. The van der Waals surface area contributed by atoms with Crippen LogP contribution in [0.3, 0.4) is 0 Å². The first-order valence-electron chi connectivity index (χ1n) is 7.97. The number of hydrogen-bond donors (Lipinski definition) is 1. The molecule has 1 aromatic rings. The van der Waals surface area contributed by atoms with Crippen molar-refractivity contribution in [3.8, 4) is 0 Å². The minimum Gasteiger partial charge on any atom is -0.481 e. The van der Waals surface area contributed by atoms with Gasteiger partial charge in [-0.2, -0.15) is 8.61 Å². The lowest BCUT2D eigenvalue weighted by molar-refractivity contribution is -0.141. The highest BCUT2D eigenvalue weighted by Gasteiger charge is 2.36. The van der Waals surface area contributed by atoms with Crippen molar-refractivity contribution in [2.75, 3.05) is 26.2 Å². The number of carbonyl (C=O) groups is 1. The van der Waals surface area contributed by atoms with Gasteiger partial charge in [-0.05, 0) is 30.7 Å². The van der Waals surface area contributed by atoms with E-state index in [-0.39, 0.29) is 29.3 Å². The normalized spacial score (nSPS) is 19.4.